The van der Waals surface area contributed by atoms with Crippen LogP contribution in [0.25, 0.3) is 0 Å². The largest absolute Gasteiger partial charge is 0.303 e. The van der Waals surface area contributed by atoms with Gasteiger partial charge in [0.25, 0.3) is 0 Å². The second-order valence-electron chi connectivity index (χ2n) is 4.14. The van der Waals surface area contributed by atoms with Gasteiger partial charge in [-0.15, -0.1) is 0 Å². The lowest BCUT2D eigenvalue weighted by Crippen LogP contribution is -2.57. The Hall–Kier alpha value is -0.0451. The van der Waals surface area contributed by atoms with Crippen LogP contribution >= 0.6 is 0 Å². The summed E-state index contributed by atoms with van der Waals surface area (Å²) in [5.74, 6) is 0. The third kappa shape index (κ3) is 1.39. The van der Waals surface area contributed by atoms with Crippen LogP contribution < -0.4 is 0 Å². The summed E-state index contributed by atoms with van der Waals surface area (Å²) in [7, 11) is 6.10. The summed E-state index contributed by atoms with van der Waals surface area (Å²) in [4.78, 5) is 2.14. The third-order valence-corrected chi connectivity index (χ3v) is 3.21. The minimum atomic E-state index is -0.639. The van der Waals surface area contributed by atoms with Crippen LogP contribution in [0, 0.1) is 0 Å². The summed E-state index contributed by atoms with van der Waals surface area (Å²) in [6.45, 7) is 1.56. The van der Waals surface area contributed by atoms with Gasteiger partial charge >= 0.3 is 0 Å². The zero-order valence-electron chi connectivity index (χ0n) is 7.43. The van der Waals surface area contributed by atoms with E-state index < -0.39 is 6.17 Å². The smallest absolute Gasteiger partial charge is 0.113 e. The second kappa shape index (κ2) is 3.02. The van der Waals surface area contributed by atoms with E-state index in [1.165, 1.54) is 6.42 Å². The van der Waals surface area contributed by atoms with Crippen molar-refractivity contribution in [2.24, 2.45) is 0 Å². The summed E-state index contributed by atoms with van der Waals surface area (Å²) < 4.78 is 13.0. The molecule has 2 fully saturated rings. The van der Waals surface area contributed by atoms with E-state index >= 15 is 0 Å². The molecule has 1 unspecified atom stereocenters. The van der Waals surface area contributed by atoms with Gasteiger partial charge in [0, 0.05) is 6.54 Å². The molecule has 0 aromatic rings. The fourth-order valence-corrected chi connectivity index (χ4v) is 2.19. The maximum atomic E-state index is 13.0. The lowest BCUT2D eigenvalue weighted by Gasteiger charge is -2.50. The molecule has 66 valence electrons. The molecule has 2 rings (SSSR count). The van der Waals surface area contributed by atoms with Crippen LogP contribution in [-0.4, -0.2) is 37.4 Å². The molecule has 0 aromatic carbocycles. The van der Waals surface area contributed by atoms with Crippen molar-refractivity contribution >= 4 is 7.85 Å². The van der Waals surface area contributed by atoms with Gasteiger partial charge in [-0.25, -0.2) is 4.39 Å². The predicted molar refractivity (Wildman–Crippen MR) is 48.0 cm³/mol. The molecule has 1 atom stereocenters. The molecule has 1 heterocycles. The summed E-state index contributed by atoms with van der Waals surface area (Å²) in [6, 6.07) is 0. The first-order valence-corrected chi connectivity index (χ1v) is 4.89. The van der Waals surface area contributed by atoms with E-state index in [2.05, 4.69) is 4.90 Å². The van der Waals surface area contributed by atoms with Crippen LogP contribution in [0.4, 0.5) is 4.39 Å². The molecule has 0 N–H and O–H groups in total. The second-order valence-corrected chi connectivity index (χ2v) is 4.14. The molecule has 0 bridgehead atoms. The van der Waals surface area contributed by atoms with Crippen molar-refractivity contribution in [3.05, 3.63) is 0 Å². The molecule has 1 saturated heterocycles. The van der Waals surface area contributed by atoms with Crippen molar-refractivity contribution in [1.82, 2.24) is 4.90 Å². The average molecular weight is 167 g/mol. The van der Waals surface area contributed by atoms with Gasteiger partial charge in [0.15, 0.2) is 0 Å². The fourth-order valence-electron chi connectivity index (χ4n) is 2.19. The topological polar surface area (TPSA) is 3.24 Å². The van der Waals surface area contributed by atoms with Crippen LogP contribution in [-0.2, 0) is 0 Å². The Bertz CT molecular complexity index is 170. The van der Waals surface area contributed by atoms with Gasteiger partial charge < -0.3 is 4.90 Å². The van der Waals surface area contributed by atoms with Gasteiger partial charge in [-0.3, -0.25) is 0 Å². The van der Waals surface area contributed by atoms with Crippen LogP contribution in [0.1, 0.15) is 32.1 Å². The Morgan fingerprint density at radius 1 is 1.33 bits per heavy atom. The van der Waals surface area contributed by atoms with Gasteiger partial charge in [0.1, 0.15) is 6.17 Å². The maximum Gasteiger partial charge on any atom is 0.113 e. The Balaban J connectivity index is 1.94. The van der Waals surface area contributed by atoms with Gasteiger partial charge in [0.2, 0.25) is 0 Å². The van der Waals surface area contributed by atoms with E-state index in [1.807, 2.05) is 0 Å². The Morgan fingerprint density at radius 3 is 2.58 bits per heavy atom. The summed E-state index contributed by atoms with van der Waals surface area (Å²) in [5.41, 5.74) is -0.134. The SMILES string of the molecule is [B]C1(N2CCCC(F)C2)CCC1. The molecule has 2 radical (unpaired) electrons. The molecule has 0 amide bonds. The molecule has 3 heteroatoms. The molecule has 0 spiro atoms. The monoisotopic (exact) mass is 167 g/mol. The Kier molecular flexibility index (Phi) is 2.15. The first-order chi connectivity index (χ1) is 5.71. The fraction of sp³-hybridized carbons (Fsp3) is 1.00. The van der Waals surface area contributed by atoms with E-state index in [1.54, 1.807) is 0 Å². The number of alkyl halides is 1. The van der Waals surface area contributed by atoms with Crippen LogP contribution in [0.5, 0.6) is 0 Å². The molecule has 0 aromatic heterocycles. The van der Waals surface area contributed by atoms with Crippen LogP contribution in [0.3, 0.4) is 0 Å². The first-order valence-electron chi connectivity index (χ1n) is 4.89. The van der Waals surface area contributed by atoms with Gasteiger partial charge in [-0.2, -0.15) is 0 Å². The molecule has 1 nitrogen and oxygen atoms in total. The lowest BCUT2D eigenvalue weighted by molar-refractivity contribution is 0.0349. The molecule has 12 heavy (non-hydrogen) atoms. The zero-order valence-corrected chi connectivity index (χ0v) is 7.43. The van der Waals surface area contributed by atoms with Crippen molar-refractivity contribution < 1.29 is 4.39 Å². The van der Waals surface area contributed by atoms with E-state index in [-0.39, 0.29) is 5.44 Å². The number of hydrogen-bond acceptors (Lipinski definition) is 1. The molecule has 1 aliphatic carbocycles. The minimum absolute atomic E-state index is 0.134. The number of likely N-dealkylation sites (tertiary alicyclic amines) is 1. The molecule has 2 aliphatic rings. The number of piperidine rings is 1. The third-order valence-electron chi connectivity index (χ3n) is 3.21. The summed E-state index contributed by atoms with van der Waals surface area (Å²) in [5, 5.41) is 0. The van der Waals surface area contributed by atoms with Crippen LogP contribution in [0.15, 0.2) is 0 Å². The molecule has 1 aliphatic heterocycles. The van der Waals surface area contributed by atoms with E-state index in [0.29, 0.717) is 6.54 Å². The minimum Gasteiger partial charge on any atom is -0.303 e. The number of hydrogen-bond donors (Lipinski definition) is 0. The van der Waals surface area contributed by atoms with Crippen molar-refractivity contribution in [2.75, 3.05) is 13.1 Å². The van der Waals surface area contributed by atoms with Crippen molar-refractivity contribution in [1.29, 1.82) is 0 Å². The Morgan fingerprint density at radius 2 is 2.08 bits per heavy atom. The van der Waals surface area contributed by atoms with E-state index in [0.717, 1.165) is 32.2 Å². The van der Waals surface area contributed by atoms with E-state index in [4.69, 9.17) is 7.85 Å². The highest BCUT2D eigenvalue weighted by molar-refractivity contribution is 6.15. The summed E-state index contributed by atoms with van der Waals surface area (Å²) >= 11 is 0. The zero-order chi connectivity index (χ0) is 8.60. The average Bonchev–Trinajstić information content (AvgIpc) is 2.00. The highest BCUT2D eigenvalue weighted by atomic mass is 19.1. The van der Waals surface area contributed by atoms with Gasteiger partial charge in [-0.05, 0) is 37.7 Å². The van der Waals surface area contributed by atoms with Crippen molar-refractivity contribution in [3.8, 4) is 0 Å². The first kappa shape index (κ1) is 8.55. The Labute approximate surface area is 74.7 Å². The highest BCUT2D eigenvalue weighted by Crippen LogP contribution is 2.36. The van der Waals surface area contributed by atoms with Gasteiger partial charge in [0.05, 0.1) is 7.85 Å². The maximum absolute atomic E-state index is 13.0. The quantitative estimate of drug-likeness (QED) is 0.534. The van der Waals surface area contributed by atoms with Gasteiger partial charge in [-0.1, -0.05) is 6.42 Å². The number of halogens is 1. The van der Waals surface area contributed by atoms with Crippen molar-refractivity contribution in [2.45, 2.75) is 43.7 Å². The molecular weight excluding hydrogens is 152 g/mol. The number of nitrogens with zero attached hydrogens (tertiary/aromatic N) is 1. The number of rotatable bonds is 1. The predicted octanol–water partition coefficient (Wildman–Crippen LogP) is 1.47. The highest BCUT2D eigenvalue weighted by Gasteiger charge is 2.39. The van der Waals surface area contributed by atoms with Crippen LogP contribution in [0.2, 0.25) is 0 Å². The summed E-state index contributed by atoms with van der Waals surface area (Å²) in [6.07, 6.45) is 4.38. The normalized spacial score (nSPS) is 35.9. The lowest BCUT2D eigenvalue weighted by atomic mass is 9.61. The van der Waals surface area contributed by atoms with E-state index in [9.17, 15) is 4.39 Å². The molecular formula is C9H15BFN. The standard InChI is InChI=1S/C9H15BFN/c10-9(4-2-5-9)12-6-1-3-8(11)7-12/h8H,1-7H2. The van der Waals surface area contributed by atoms with Crippen molar-refractivity contribution in [3.63, 3.8) is 0 Å². The molecule has 1 saturated carbocycles.